The highest BCUT2D eigenvalue weighted by molar-refractivity contribution is 7.89. The van der Waals surface area contributed by atoms with Gasteiger partial charge in [0.05, 0.1) is 35.2 Å². The van der Waals surface area contributed by atoms with Gasteiger partial charge in [-0.3, -0.25) is 14.4 Å². The average molecular weight is 554 g/mol. The Balaban J connectivity index is 1.62. The lowest BCUT2D eigenvalue weighted by molar-refractivity contribution is -0.122. The van der Waals surface area contributed by atoms with E-state index in [1.165, 1.54) is 73.8 Å². The third-order valence-electron chi connectivity index (χ3n) is 6.30. The molecule has 1 unspecified atom stereocenters. The van der Waals surface area contributed by atoms with E-state index in [-0.39, 0.29) is 41.1 Å². The van der Waals surface area contributed by atoms with Crippen LogP contribution < -0.4 is 10.0 Å². The van der Waals surface area contributed by atoms with Crippen LogP contribution in [0.3, 0.4) is 0 Å². The third-order valence-corrected chi connectivity index (χ3v) is 7.23. The van der Waals surface area contributed by atoms with Crippen molar-refractivity contribution in [2.45, 2.75) is 23.8 Å². The number of ether oxygens (including phenoxy) is 1. The summed E-state index contributed by atoms with van der Waals surface area (Å²) in [5.41, 5.74) is 0.794. The van der Waals surface area contributed by atoms with E-state index in [0.717, 1.165) is 15.9 Å². The standard InChI is InChI=1S/C27H24FN3O7S/c1-38-27(35)18-8-10-19(11-9-18)31-24(32)16-23(26(31)34)30(25(33)21-4-2-3-5-22(21)28)15-14-17-6-12-20(13-7-17)39(29,36)37/h2-13,23H,14-16H2,1H3,(H2,29,36,37). The largest absolute Gasteiger partial charge is 0.465 e. The van der Waals surface area contributed by atoms with Gasteiger partial charge in [0, 0.05) is 6.54 Å². The van der Waals surface area contributed by atoms with E-state index in [9.17, 15) is 32.0 Å². The molecule has 1 aliphatic rings. The van der Waals surface area contributed by atoms with Crippen LogP contribution in [0.15, 0.2) is 77.7 Å². The van der Waals surface area contributed by atoms with Crippen LogP contribution in [0.2, 0.25) is 0 Å². The van der Waals surface area contributed by atoms with Crippen LogP contribution in [0.4, 0.5) is 10.1 Å². The second kappa shape index (κ2) is 11.1. The number of anilines is 1. The Labute approximate surface area is 223 Å². The molecule has 202 valence electrons. The quantitative estimate of drug-likeness (QED) is 0.333. The number of methoxy groups -OCH3 is 1. The summed E-state index contributed by atoms with van der Waals surface area (Å²) in [4.78, 5) is 53.6. The van der Waals surface area contributed by atoms with Crippen LogP contribution in [0.5, 0.6) is 0 Å². The fraction of sp³-hybridized carbons (Fsp3) is 0.185. The van der Waals surface area contributed by atoms with Gasteiger partial charge in [-0.05, 0) is 60.5 Å². The molecule has 39 heavy (non-hydrogen) atoms. The summed E-state index contributed by atoms with van der Waals surface area (Å²) >= 11 is 0. The molecular weight excluding hydrogens is 529 g/mol. The second-order valence-corrected chi connectivity index (χ2v) is 10.3. The molecule has 1 fully saturated rings. The average Bonchev–Trinajstić information content (AvgIpc) is 3.21. The summed E-state index contributed by atoms with van der Waals surface area (Å²) in [7, 11) is -2.67. The summed E-state index contributed by atoms with van der Waals surface area (Å²) in [5.74, 6) is -3.39. The number of rotatable bonds is 8. The van der Waals surface area contributed by atoms with Crippen molar-refractivity contribution in [1.82, 2.24) is 4.90 Å². The van der Waals surface area contributed by atoms with Gasteiger partial charge in [0.1, 0.15) is 11.9 Å². The number of primary sulfonamides is 1. The first-order valence-corrected chi connectivity index (χ1v) is 13.3. The fourth-order valence-corrected chi connectivity index (χ4v) is 4.79. The highest BCUT2D eigenvalue weighted by atomic mass is 32.2. The molecule has 3 aromatic carbocycles. The number of amides is 3. The van der Waals surface area contributed by atoms with Crippen molar-refractivity contribution in [3.8, 4) is 0 Å². The van der Waals surface area contributed by atoms with Gasteiger partial charge in [-0.1, -0.05) is 24.3 Å². The Morgan fingerprint density at radius 3 is 2.26 bits per heavy atom. The van der Waals surface area contributed by atoms with Crippen molar-refractivity contribution in [1.29, 1.82) is 0 Å². The summed E-state index contributed by atoms with van der Waals surface area (Å²) in [6, 6.07) is 15.4. The molecule has 12 heteroatoms. The van der Waals surface area contributed by atoms with Gasteiger partial charge in [0.2, 0.25) is 15.9 Å². The number of halogens is 1. The lowest BCUT2D eigenvalue weighted by Crippen LogP contribution is -2.46. The minimum absolute atomic E-state index is 0.0688. The van der Waals surface area contributed by atoms with E-state index in [0.29, 0.717) is 5.56 Å². The van der Waals surface area contributed by atoms with E-state index < -0.39 is 45.6 Å². The number of hydrogen-bond acceptors (Lipinski definition) is 7. The van der Waals surface area contributed by atoms with Crippen molar-refractivity contribution in [2.75, 3.05) is 18.6 Å². The first-order valence-electron chi connectivity index (χ1n) is 11.7. The maximum Gasteiger partial charge on any atom is 0.337 e. The predicted molar refractivity (Wildman–Crippen MR) is 138 cm³/mol. The number of nitrogens with zero attached hydrogens (tertiary/aromatic N) is 2. The molecule has 3 amide bonds. The van der Waals surface area contributed by atoms with E-state index >= 15 is 0 Å². The summed E-state index contributed by atoms with van der Waals surface area (Å²) < 4.78 is 42.3. The zero-order valence-corrected chi connectivity index (χ0v) is 21.6. The third kappa shape index (κ3) is 5.86. The minimum atomic E-state index is -3.89. The summed E-state index contributed by atoms with van der Waals surface area (Å²) in [6.07, 6.45) is -0.154. The molecule has 3 aromatic rings. The van der Waals surface area contributed by atoms with Crippen LogP contribution in [0.25, 0.3) is 0 Å². The van der Waals surface area contributed by atoms with Gasteiger partial charge >= 0.3 is 5.97 Å². The van der Waals surface area contributed by atoms with Crippen molar-refractivity contribution >= 4 is 39.4 Å². The number of benzene rings is 3. The SMILES string of the molecule is COC(=O)c1ccc(N2C(=O)CC(N(CCc3ccc(S(N)(=O)=O)cc3)C(=O)c3ccccc3F)C2=O)cc1. The van der Waals surface area contributed by atoms with Crippen molar-refractivity contribution in [3.05, 3.63) is 95.3 Å². The van der Waals surface area contributed by atoms with Gasteiger partial charge in [0.15, 0.2) is 0 Å². The Hall–Kier alpha value is -4.42. The first-order chi connectivity index (χ1) is 18.5. The number of sulfonamides is 1. The van der Waals surface area contributed by atoms with Crippen molar-refractivity contribution in [3.63, 3.8) is 0 Å². The number of carbonyl (C=O) groups is 4. The number of esters is 1. The van der Waals surface area contributed by atoms with Crippen molar-refractivity contribution in [2.24, 2.45) is 5.14 Å². The number of hydrogen-bond donors (Lipinski definition) is 1. The lowest BCUT2D eigenvalue weighted by atomic mass is 10.1. The van der Waals surface area contributed by atoms with Crippen LogP contribution in [-0.4, -0.2) is 56.7 Å². The molecule has 1 heterocycles. The molecule has 0 aromatic heterocycles. The maximum absolute atomic E-state index is 14.5. The molecule has 2 N–H and O–H groups in total. The topological polar surface area (TPSA) is 144 Å². The molecule has 10 nitrogen and oxygen atoms in total. The molecule has 0 radical (unpaired) electrons. The van der Waals surface area contributed by atoms with Crippen LogP contribution in [0.1, 0.15) is 32.7 Å². The minimum Gasteiger partial charge on any atom is -0.465 e. The molecule has 1 saturated heterocycles. The number of carbonyl (C=O) groups excluding carboxylic acids is 4. The number of imide groups is 1. The van der Waals surface area contributed by atoms with E-state index in [4.69, 9.17) is 5.14 Å². The molecule has 0 bridgehead atoms. The summed E-state index contributed by atoms with van der Waals surface area (Å²) in [5, 5.41) is 5.14. The molecule has 4 rings (SSSR count). The molecule has 0 saturated carbocycles. The highest BCUT2D eigenvalue weighted by Crippen LogP contribution is 2.28. The Morgan fingerprint density at radius 2 is 1.67 bits per heavy atom. The lowest BCUT2D eigenvalue weighted by Gasteiger charge is -2.28. The van der Waals surface area contributed by atoms with Gasteiger partial charge in [0.25, 0.3) is 11.8 Å². The second-order valence-electron chi connectivity index (χ2n) is 8.74. The summed E-state index contributed by atoms with van der Waals surface area (Å²) in [6.45, 7) is -0.0688. The number of nitrogens with two attached hydrogens (primary N) is 1. The molecule has 1 aliphatic heterocycles. The van der Waals surface area contributed by atoms with Gasteiger partial charge in [-0.15, -0.1) is 0 Å². The maximum atomic E-state index is 14.5. The van der Waals surface area contributed by atoms with Gasteiger partial charge < -0.3 is 9.64 Å². The smallest absolute Gasteiger partial charge is 0.337 e. The molecule has 1 atom stereocenters. The molecular formula is C27H24FN3O7S. The zero-order chi connectivity index (χ0) is 28.3. The van der Waals surface area contributed by atoms with E-state index in [2.05, 4.69) is 4.74 Å². The monoisotopic (exact) mass is 553 g/mol. The van der Waals surface area contributed by atoms with Crippen molar-refractivity contribution < 1.29 is 36.7 Å². The molecule has 0 spiro atoms. The zero-order valence-electron chi connectivity index (χ0n) is 20.7. The first kappa shape index (κ1) is 27.6. The van der Waals surface area contributed by atoms with E-state index in [1.54, 1.807) is 0 Å². The van der Waals surface area contributed by atoms with E-state index in [1.807, 2.05) is 0 Å². The van der Waals surface area contributed by atoms with Crippen LogP contribution in [0, 0.1) is 5.82 Å². The Bertz CT molecular complexity index is 1540. The Morgan fingerprint density at radius 1 is 1.03 bits per heavy atom. The van der Waals surface area contributed by atoms with Gasteiger partial charge in [-0.2, -0.15) is 0 Å². The van der Waals surface area contributed by atoms with Crippen LogP contribution in [-0.2, 0) is 30.8 Å². The molecule has 0 aliphatic carbocycles. The normalized spacial score (nSPS) is 15.4. The van der Waals surface area contributed by atoms with Gasteiger partial charge in [-0.25, -0.2) is 27.6 Å². The van der Waals surface area contributed by atoms with Crippen LogP contribution >= 0.6 is 0 Å². The highest BCUT2D eigenvalue weighted by Gasteiger charge is 2.44. The Kier molecular flexibility index (Phi) is 7.88. The fourth-order valence-electron chi connectivity index (χ4n) is 4.28. The predicted octanol–water partition coefficient (Wildman–Crippen LogP) is 2.28.